The van der Waals surface area contributed by atoms with Gasteiger partial charge in [-0.2, -0.15) is 0 Å². The SMILES string of the molecule is CC(C)N(CCCO)CCC(C)(C)CN. The van der Waals surface area contributed by atoms with Gasteiger partial charge in [0.1, 0.15) is 0 Å². The Morgan fingerprint density at radius 2 is 1.87 bits per heavy atom. The number of aliphatic hydroxyl groups is 1. The molecule has 0 amide bonds. The van der Waals surface area contributed by atoms with E-state index in [1.807, 2.05) is 0 Å². The molecule has 0 aliphatic carbocycles. The van der Waals surface area contributed by atoms with Gasteiger partial charge in [0.2, 0.25) is 0 Å². The van der Waals surface area contributed by atoms with Gasteiger partial charge in [0.25, 0.3) is 0 Å². The minimum absolute atomic E-state index is 0.229. The highest BCUT2D eigenvalue weighted by molar-refractivity contribution is 4.73. The highest BCUT2D eigenvalue weighted by Crippen LogP contribution is 2.19. The third kappa shape index (κ3) is 6.88. The topological polar surface area (TPSA) is 49.5 Å². The van der Waals surface area contributed by atoms with Gasteiger partial charge < -0.3 is 15.7 Å². The van der Waals surface area contributed by atoms with E-state index in [9.17, 15) is 0 Å². The van der Waals surface area contributed by atoms with Gasteiger partial charge in [-0.25, -0.2) is 0 Å². The van der Waals surface area contributed by atoms with Gasteiger partial charge >= 0.3 is 0 Å². The molecule has 0 saturated carbocycles. The minimum Gasteiger partial charge on any atom is -0.396 e. The summed E-state index contributed by atoms with van der Waals surface area (Å²) in [6, 6.07) is 0.546. The summed E-state index contributed by atoms with van der Waals surface area (Å²) in [4.78, 5) is 2.41. The molecule has 0 aromatic rings. The van der Waals surface area contributed by atoms with Crippen LogP contribution in [0.2, 0.25) is 0 Å². The molecular formula is C12H28N2O. The summed E-state index contributed by atoms with van der Waals surface area (Å²) in [5.74, 6) is 0. The summed E-state index contributed by atoms with van der Waals surface area (Å²) >= 11 is 0. The molecule has 0 atom stereocenters. The average molecular weight is 216 g/mol. The zero-order chi connectivity index (χ0) is 11.9. The molecule has 0 bridgehead atoms. The van der Waals surface area contributed by atoms with Crippen LogP contribution in [0.4, 0.5) is 0 Å². The second-order valence-corrected chi connectivity index (χ2v) is 5.33. The first-order chi connectivity index (χ1) is 6.93. The molecule has 3 nitrogen and oxygen atoms in total. The van der Waals surface area contributed by atoms with Crippen molar-refractivity contribution in [2.24, 2.45) is 11.1 Å². The fourth-order valence-electron chi connectivity index (χ4n) is 1.45. The van der Waals surface area contributed by atoms with Crippen molar-refractivity contribution < 1.29 is 5.11 Å². The van der Waals surface area contributed by atoms with Gasteiger partial charge in [0.15, 0.2) is 0 Å². The summed E-state index contributed by atoms with van der Waals surface area (Å²) in [7, 11) is 0. The molecule has 0 aliphatic heterocycles. The van der Waals surface area contributed by atoms with Gasteiger partial charge in [-0.15, -0.1) is 0 Å². The van der Waals surface area contributed by atoms with Crippen LogP contribution in [0.1, 0.15) is 40.5 Å². The van der Waals surface area contributed by atoms with Crippen LogP contribution in [-0.2, 0) is 0 Å². The van der Waals surface area contributed by atoms with Crippen molar-refractivity contribution in [3.8, 4) is 0 Å². The number of hydrogen-bond acceptors (Lipinski definition) is 3. The zero-order valence-electron chi connectivity index (χ0n) is 10.8. The van der Waals surface area contributed by atoms with E-state index in [-0.39, 0.29) is 12.0 Å². The van der Waals surface area contributed by atoms with Crippen LogP contribution in [-0.4, -0.2) is 42.3 Å². The highest BCUT2D eigenvalue weighted by atomic mass is 16.3. The molecule has 0 aliphatic rings. The fourth-order valence-corrected chi connectivity index (χ4v) is 1.45. The van der Waals surface area contributed by atoms with Crippen LogP contribution < -0.4 is 5.73 Å². The lowest BCUT2D eigenvalue weighted by Crippen LogP contribution is -2.36. The molecular weight excluding hydrogens is 188 g/mol. The van der Waals surface area contributed by atoms with Gasteiger partial charge in [-0.1, -0.05) is 13.8 Å². The first-order valence-electron chi connectivity index (χ1n) is 5.98. The Hall–Kier alpha value is -0.120. The second kappa shape index (κ2) is 7.20. The third-order valence-corrected chi connectivity index (χ3v) is 2.96. The van der Waals surface area contributed by atoms with Crippen LogP contribution >= 0.6 is 0 Å². The van der Waals surface area contributed by atoms with E-state index < -0.39 is 0 Å². The molecule has 3 N–H and O–H groups in total. The van der Waals surface area contributed by atoms with E-state index in [1.165, 1.54) is 0 Å². The van der Waals surface area contributed by atoms with E-state index >= 15 is 0 Å². The zero-order valence-corrected chi connectivity index (χ0v) is 10.8. The summed E-state index contributed by atoms with van der Waals surface area (Å²) in [5.41, 5.74) is 5.94. The van der Waals surface area contributed by atoms with Crippen molar-refractivity contribution in [2.45, 2.75) is 46.6 Å². The molecule has 0 radical (unpaired) electrons. The van der Waals surface area contributed by atoms with Crippen LogP contribution in [0.5, 0.6) is 0 Å². The summed E-state index contributed by atoms with van der Waals surface area (Å²) in [6.45, 7) is 11.9. The smallest absolute Gasteiger partial charge is 0.0443 e. The van der Waals surface area contributed by atoms with Gasteiger partial charge in [-0.05, 0) is 45.2 Å². The monoisotopic (exact) mass is 216 g/mol. The summed E-state index contributed by atoms with van der Waals surface area (Å²) < 4.78 is 0. The molecule has 0 fully saturated rings. The Balaban J connectivity index is 3.95. The lowest BCUT2D eigenvalue weighted by atomic mass is 9.89. The molecule has 0 aromatic heterocycles. The van der Waals surface area contributed by atoms with Gasteiger partial charge in [0.05, 0.1) is 0 Å². The van der Waals surface area contributed by atoms with E-state index in [4.69, 9.17) is 10.8 Å². The molecule has 15 heavy (non-hydrogen) atoms. The minimum atomic E-state index is 0.229. The first kappa shape index (κ1) is 14.9. The Bertz CT molecular complexity index is 158. The van der Waals surface area contributed by atoms with Gasteiger partial charge in [-0.3, -0.25) is 0 Å². The van der Waals surface area contributed by atoms with Crippen molar-refractivity contribution in [1.82, 2.24) is 4.90 Å². The van der Waals surface area contributed by atoms with E-state index in [1.54, 1.807) is 0 Å². The number of nitrogens with two attached hydrogens (primary N) is 1. The number of rotatable bonds is 8. The molecule has 0 unspecified atom stereocenters. The fraction of sp³-hybridized carbons (Fsp3) is 1.00. The predicted octanol–water partition coefficient (Wildman–Crippen LogP) is 1.45. The molecule has 92 valence electrons. The maximum Gasteiger partial charge on any atom is 0.0443 e. The quantitative estimate of drug-likeness (QED) is 0.646. The largest absolute Gasteiger partial charge is 0.396 e. The molecule has 0 rings (SSSR count). The lowest BCUT2D eigenvalue weighted by Gasteiger charge is -2.30. The van der Waals surface area contributed by atoms with Crippen molar-refractivity contribution in [3.05, 3.63) is 0 Å². The number of hydrogen-bond donors (Lipinski definition) is 2. The maximum atomic E-state index is 8.82. The molecule has 0 aromatic carbocycles. The Morgan fingerprint density at radius 3 is 2.27 bits per heavy atom. The van der Waals surface area contributed by atoms with E-state index in [0.29, 0.717) is 6.04 Å². The van der Waals surface area contributed by atoms with Crippen LogP contribution in [0.25, 0.3) is 0 Å². The molecule has 0 heterocycles. The standard InChI is InChI=1S/C12H28N2O/c1-11(2)14(7-5-9-15)8-6-12(3,4)10-13/h11,15H,5-10,13H2,1-4H3. The Kier molecular flexibility index (Phi) is 7.14. The van der Waals surface area contributed by atoms with Crippen LogP contribution in [0, 0.1) is 5.41 Å². The second-order valence-electron chi connectivity index (χ2n) is 5.33. The summed E-state index contributed by atoms with van der Waals surface area (Å²) in [6.07, 6.45) is 1.98. The van der Waals surface area contributed by atoms with Crippen molar-refractivity contribution in [3.63, 3.8) is 0 Å². The van der Waals surface area contributed by atoms with Gasteiger partial charge in [0, 0.05) is 19.2 Å². The summed E-state index contributed by atoms with van der Waals surface area (Å²) in [5, 5.41) is 8.82. The third-order valence-electron chi connectivity index (χ3n) is 2.96. The van der Waals surface area contributed by atoms with E-state index in [0.717, 1.165) is 32.5 Å². The van der Waals surface area contributed by atoms with Crippen LogP contribution in [0.3, 0.4) is 0 Å². The molecule has 3 heteroatoms. The highest BCUT2D eigenvalue weighted by Gasteiger charge is 2.18. The first-order valence-corrected chi connectivity index (χ1v) is 5.98. The average Bonchev–Trinajstić information content (AvgIpc) is 2.17. The van der Waals surface area contributed by atoms with Crippen molar-refractivity contribution in [1.29, 1.82) is 0 Å². The van der Waals surface area contributed by atoms with Crippen molar-refractivity contribution in [2.75, 3.05) is 26.2 Å². The number of nitrogens with zero attached hydrogens (tertiary/aromatic N) is 1. The number of aliphatic hydroxyl groups excluding tert-OH is 1. The normalized spacial score (nSPS) is 12.8. The maximum absolute atomic E-state index is 8.82. The predicted molar refractivity (Wildman–Crippen MR) is 65.9 cm³/mol. The van der Waals surface area contributed by atoms with E-state index in [2.05, 4.69) is 32.6 Å². The lowest BCUT2D eigenvalue weighted by molar-refractivity contribution is 0.167. The van der Waals surface area contributed by atoms with Crippen molar-refractivity contribution >= 4 is 0 Å². The molecule has 0 spiro atoms. The van der Waals surface area contributed by atoms with Crippen LogP contribution in [0.15, 0.2) is 0 Å². The molecule has 0 saturated heterocycles. The Labute approximate surface area is 94.6 Å². The Morgan fingerprint density at radius 1 is 1.27 bits per heavy atom.